The van der Waals surface area contributed by atoms with Gasteiger partial charge >= 0.3 is 0 Å². The van der Waals surface area contributed by atoms with Crippen LogP contribution in [0, 0.1) is 6.92 Å². The third-order valence-electron chi connectivity index (χ3n) is 4.03. The summed E-state index contributed by atoms with van der Waals surface area (Å²) in [5.74, 6) is 1.68. The molecule has 1 aliphatic rings. The Morgan fingerprint density at radius 2 is 2.20 bits per heavy atom. The number of methoxy groups -OCH3 is 1. The molecule has 0 aromatic heterocycles. The van der Waals surface area contributed by atoms with E-state index in [4.69, 9.17) is 9.47 Å². The van der Waals surface area contributed by atoms with Crippen molar-refractivity contribution in [1.29, 1.82) is 0 Å². The topological polar surface area (TPSA) is 58.1 Å². The van der Waals surface area contributed by atoms with Crippen molar-refractivity contribution in [2.24, 2.45) is 4.99 Å². The number of aryl methyl sites for hydroxylation is 1. The number of morpholine rings is 1. The summed E-state index contributed by atoms with van der Waals surface area (Å²) in [5.41, 5.74) is 2.26. The summed E-state index contributed by atoms with van der Waals surface area (Å²) in [4.78, 5) is 6.96. The van der Waals surface area contributed by atoms with Crippen LogP contribution in [0.3, 0.4) is 0 Å². The minimum atomic E-state index is 0. The molecule has 1 heterocycles. The lowest BCUT2D eigenvalue weighted by Crippen LogP contribution is -2.48. The second kappa shape index (κ2) is 11.5. The molecule has 142 valence electrons. The first-order valence-electron chi connectivity index (χ1n) is 8.58. The van der Waals surface area contributed by atoms with E-state index in [1.165, 1.54) is 5.56 Å². The quantitative estimate of drug-likeness (QED) is 0.385. The molecule has 2 N–H and O–H groups in total. The number of hydrogen-bond acceptors (Lipinski definition) is 4. The number of aliphatic imine (C=N–C) groups is 1. The van der Waals surface area contributed by atoms with Crippen LogP contribution < -0.4 is 15.4 Å². The van der Waals surface area contributed by atoms with Crippen LogP contribution in [0.15, 0.2) is 23.2 Å². The summed E-state index contributed by atoms with van der Waals surface area (Å²) in [6, 6.07) is 6.19. The predicted octanol–water partition coefficient (Wildman–Crippen LogP) is 2.01. The third-order valence-corrected chi connectivity index (χ3v) is 4.03. The van der Waals surface area contributed by atoms with Crippen molar-refractivity contribution in [1.82, 2.24) is 15.5 Å². The lowest BCUT2D eigenvalue weighted by atomic mass is 10.1. The summed E-state index contributed by atoms with van der Waals surface area (Å²) in [6.07, 6.45) is 0.196. The number of likely N-dealkylation sites (N-methyl/N-ethyl adjacent to an activating group) is 1. The van der Waals surface area contributed by atoms with Gasteiger partial charge in [-0.25, -0.2) is 4.99 Å². The summed E-state index contributed by atoms with van der Waals surface area (Å²) in [6.45, 7) is 9.00. The van der Waals surface area contributed by atoms with E-state index < -0.39 is 0 Å². The summed E-state index contributed by atoms with van der Waals surface area (Å²) >= 11 is 0. The maximum Gasteiger partial charge on any atom is 0.191 e. The zero-order chi connectivity index (χ0) is 17.4. The predicted molar refractivity (Wildman–Crippen MR) is 113 cm³/mol. The largest absolute Gasteiger partial charge is 0.496 e. The van der Waals surface area contributed by atoms with Crippen molar-refractivity contribution in [2.75, 3.05) is 46.9 Å². The minimum Gasteiger partial charge on any atom is -0.496 e. The molecule has 0 radical (unpaired) electrons. The van der Waals surface area contributed by atoms with E-state index in [0.29, 0.717) is 6.54 Å². The molecule has 1 aromatic carbocycles. The number of ether oxygens (including phenoxy) is 2. The van der Waals surface area contributed by atoms with Crippen LogP contribution >= 0.6 is 24.0 Å². The Morgan fingerprint density at radius 3 is 2.88 bits per heavy atom. The molecule has 25 heavy (non-hydrogen) atoms. The summed E-state index contributed by atoms with van der Waals surface area (Å²) < 4.78 is 11.2. The molecule has 1 aromatic rings. The lowest BCUT2D eigenvalue weighted by Gasteiger charge is -2.30. The van der Waals surface area contributed by atoms with E-state index in [0.717, 1.165) is 50.1 Å². The molecule has 6 nitrogen and oxygen atoms in total. The molecular weight excluding hydrogens is 431 g/mol. The minimum absolute atomic E-state index is 0. The number of hydrogen-bond donors (Lipinski definition) is 2. The number of benzene rings is 1. The van der Waals surface area contributed by atoms with Gasteiger partial charge in [0, 0.05) is 31.7 Å². The van der Waals surface area contributed by atoms with Crippen molar-refractivity contribution in [2.45, 2.75) is 26.5 Å². The number of guanidine groups is 1. The standard InChI is InChI=1S/C18H30N4O2.HI/c1-5-19-18(21-12-16-13-22(3)8-9-24-16)20-11-15-7-6-14(2)10-17(15)23-4;/h6-7,10,16H,5,8-9,11-13H2,1-4H3,(H2,19,20,21);1H. The van der Waals surface area contributed by atoms with Crippen LogP contribution in [0.5, 0.6) is 5.75 Å². The molecule has 1 aliphatic heterocycles. The van der Waals surface area contributed by atoms with Crippen LogP contribution in [0.4, 0.5) is 0 Å². The van der Waals surface area contributed by atoms with Gasteiger partial charge < -0.3 is 25.0 Å². The second-order valence-corrected chi connectivity index (χ2v) is 6.15. The smallest absolute Gasteiger partial charge is 0.191 e. The van der Waals surface area contributed by atoms with Gasteiger partial charge in [0.05, 0.1) is 26.4 Å². The Labute approximate surface area is 168 Å². The van der Waals surface area contributed by atoms with Gasteiger partial charge in [-0.15, -0.1) is 24.0 Å². The van der Waals surface area contributed by atoms with E-state index in [1.807, 2.05) is 6.07 Å². The molecule has 0 spiro atoms. The fourth-order valence-corrected chi connectivity index (χ4v) is 2.69. The molecule has 1 saturated heterocycles. The molecule has 2 rings (SSSR count). The Kier molecular flexibility index (Phi) is 10.1. The van der Waals surface area contributed by atoms with Gasteiger partial charge in [0.15, 0.2) is 5.96 Å². The first-order chi connectivity index (χ1) is 11.6. The molecular formula is C18H31IN4O2. The van der Waals surface area contributed by atoms with E-state index in [-0.39, 0.29) is 30.1 Å². The first kappa shape index (κ1) is 22.0. The van der Waals surface area contributed by atoms with Crippen LogP contribution in [-0.2, 0) is 11.3 Å². The van der Waals surface area contributed by atoms with Gasteiger partial charge in [0.25, 0.3) is 0 Å². The zero-order valence-corrected chi connectivity index (χ0v) is 18.0. The van der Waals surface area contributed by atoms with E-state index in [1.54, 1.807) is 7.11 Å². The zero-order valence-electron chi connectivity index (χ0n) is 15.7. The normalized spacial score (nSPS) is 18.4. The maximum absolute atomic E-state index is 5.78. The van der Waals surface area contributed by atoms with Gasteiger partial charge in [0.1, 0.15) is 5.75 Å². The van der Waals surface area contributed by atoms with Crippen molar-refractivity contribution in [3.8, 4) is 5.75 Å². The monoisotopic (exact) mass is 462 g/mol. The van der Waals surface area contributed by atoms with Crippen LogP contribution in [0.25, 0.3) is 0 Å². The average Bonchev–Trinajstić information content (AvgIpc) is 2.58. The van der Waals surface area contributed by atoms with Crippen LogP contribution in [-0.4, -0.2) is 63.9 Å². The highest BCUT2D eigenvalue weighted by molar-refractivity contribution is 14.0. The molecule has 1 atom stereocenters. The lowest BCUT2D eigenvalue weighted by molar-refractivity contribution is -0.0161. The molecule has 0 saturated carbocycles. The second-order valence-electron chi connectivity index (χ2n) is 6.15. The van der Waals surface area contributed by atoms with E-state index in [2.05, 4.69) is 53.6 Å². The molecule has 0 amide bonds. The highest BCUT2D eigenvalue weighted by atomic mass is 127. The fraction of sp³-hybridized carbons (Fsp3) is 0.611. The van der Waals surface area contributed by atoms with Gasteiger partial charge in [-0.2, -0.15) is 0 Å². The van der Waals surface area contributed by atoms with Crippen molar-refractivity contribution < 1.29 is 9.47 Å². The third kappa shape index (κ3) is 7.37. The van der Waals surface area contributed by atoms with Crippen molar-refractivity contribution in [3.63, 3.8) is 0 Å². The highest BCUT2D eigenvalue weighted by Gasteiger charge is 2.17. The number of nitrogens with zero attached hydrogens (tertiary/aromatic N) is 2. The van der Waals surface area contributed by atoms with Gasteiger partial charge in [-0.1, -0.05) is 12.1 Å². The summed E-state index contributed by atoms with van der Waals surface area (Å²) in [7, 11) is 3.82. The van der Waals surface area contributed by atoms with Crippen molar-refractivity contribution >= 4 is 29.9 Å². The van der Waals surface area contributed by atoms with E-state index in [9.17, 15) is 0 Å². The van der Waals surface area contributed by atoms with Crippen LogP contribution in [0.1, 0.15) is 18.1 Å². The average molecular weight is 462 g/mol. The Morgan fingerprint density at radius 1 is 1.40 bits per heavy atom. The fourth-order valence-electron chi connectivity index (χ4n) is 2.69. The van der Waals surface area contributed by atoms with Crippen LogP contribution in [0.2, 0.25) is 0 Å². The van der Waals surface area contributed by atoms with Gasteiger partial charge in [-0.05, 0) is 32.5 Å². The van der Waals surface area contributed by atoms with Crippen molar-refractivity contribution in [3.05, 3.63) is 29.3 Å². The van der Waals surface area contributed by atoms with Gasteiger partial charge in [-0.3, -0.25) is 0 Å². The SMILES string of the molecule is CCNC(=NCc1ccc(C)cc1OC)NCC1CN(C)CCO1.I. The van der Waals surface area contributed by atoms with E-state index >= 15 is 0 Å². The number of rotatable bonds is 6. The number of nitrogens with one attached hydrogen (secondary N) is 2. The molecule has 1 fully saturated rings. The molecule has 0 aliphatic carbocycles. The summed E-state index contributed by atoms with van der Waals surface area (Å²) in [5, 5.41) is 6.66. The Bertz CT molecular complexity index is 554. The Balaban J connectivity index is 0.00000312. The maximum atomic E-state index is 5.78. The molecule has 0 bridgehead atoms. The molecule has 7 heteroatoms. The first-order valence-corrected chi connectivity index (χ1v) is 8.58. The molecule has 1 unspecified atom stereocenters. The number of halogens is 1. The Hall–Kier alpha value is -1.06. The van der Waals surface area contributed by atoms with Gasteiger partial charge in [0.2, 0.25) is 0 Å². The highest BCUT2D eigenvalue weighted by Crippen LogP contribution is 2.20.